The molecule has 0 radical (unpaired) electrons. The third-order valence-corrected chi connectivity index (χ3v) is 19.3. The van der Waals surface area contributed by atoms with Crippen molar-refractivity contribution in [3.05, 3.63) is 309 Å². The van der Waals surface area contributed by atoms with Crippen LogP contribution in [-0.2, 0) is 0 Å². The summed E-state index contributed by atoms with van der Waals surface area (Å²) >= 11 is 7.26. The Morgan fingerprint density at radius 1 is 0.259 bits per heavy atom. The molecule has 9 aromatic carbocycles. The first-order valence-corrected chi connectivity index (χ1v) is 30.3. The molecule has 0 aliphatic rings. The molecule has 81 heavy (non-hydrogen) atoms. The molecule has 0 saturated heterocycles. The number of benzene rings is 9. The lowest BCUT2D eigenvalue weighted by Gasteiger charge is -2.26. The fourth-order valence-corrected chi connectivity index (χ4v) is 14.3. The Hall–Kier alpha value is -9.14. The monoisotopic (exact) mass is 1110 g/mol. The fraction of sp³-hybridized carbons (Fsp3) is 0.0133. The van der Waals surface area contributed by atoms with E-state index in [2.05, 4.69) is 308 Å². The molecule has 4 heterocycles. The third-order valence-electron chi connectivity index (χ3n) is 14.5. The lowest BCUT2D eigenvalue weighted by Crippen LogP contribution is -2.10. The summed E-state index contributed by atoms with van der Waals surface area (Å²) in [7, 11) is 0. The van der Waals surface area contributed by atoms with Crippen LogP contribution in [0.25, 0.3) is 89.8 Å². The molecule has 0 N–H and O–H groups in total. The van der Waals surface area contributed by atoms with Crippen LogP contribution in [0.5, 0.6) is 0 Å². The average Bonchev–Trinajstić information content (AvgIpc) is 4.41. The molecule has 0 aliphatic heterocycles. The summed E-state index contributed by atoms with van der Waals surface area (Å²) in [5.41, 5.74) is 18.4. The first kappa shape index (κ1) is 51.3. The standard InChI is InChI=1S/C75H54N2S4/c1-3-13-52(2)68-44-45-72(78-68)58-24-36-64(37-25-58)76(65-38-26-59(27-39-65)73-49-46-69(79-73)55-14-7-4-8-15-55)62-32-20-53(21-33-62)54-22-34-63(35-23-54)77(66-40-28-60(29-41-66)74-50-47-70(80-74)56-16-9-5-10-17-56)67-42-30-61(31-43-67)75-51-48-71(81-75)57-18-11-6-12-19-57/h3-51H,2H2,1H3. The largest absolute Gasteiger partial charge is 0.311 e. The smallest absolute Gasteiger partial charge is 0.0462 e. The van der Waals surface area contributed by atoms with Crippen molar-refractivity contribution in [2.45, 2.75) is 6.92 Å². The highest BCUT2D eigenvalue weighted by molar-refractivity contribution is 7.19. The second kappa shape index (κ2) is 23.3. The Balaban J connectivity index is 0.801. The van der Waals surface area contributed by atoms with Crippen molar-refractivity contribution in [1.82, 2.24) is 0 Å². The van der Waals surface area contributed by atoms with Gasteiger partial charge in [0.15, 0.2) is 0 Å². The molecule has 0 saturated carbocycles. The van der Waals surface area contributed by atoms with Crippen molar-refractivity contribution < 1.29 is 0 Å². The van der Waals surface area contributed by atoms with Crippen LogP contribution in [0.15, 0.2) is 304 Å². The van der Waals surface area contributed by atoms with Crippen LogP contribution in [0.1, 0.15) is 11.8 Å². The van der Waals surface area contributed by atoms with Crippen LogP contribution >= 0.6 is 45.3 Å². The highest BCUT2D eigenvalue weighted by Gasteiger charge is 2.18. The van der Waals surface area contributed by atoms with Gasteiger partial charge in [-0.2, -0.15) is 0 Å². The zero-order chi connectivity index (χ0) is 54.5. The van der Waals surface area contributed by atoms with Crippen LogP contribution in [0.2, 0.25) is 0 Å². The summed E-state index contributed by atoms with van der Waals surface area (Å²) in [5, 5.41) is 0. The minimum atomic E-state index is 1.03. The number of rotatable bonds is 16. The van der Waals surface area contributed by atoms with Gasteiger partial charge >= 0.3 is 0 Å². The maximum absolute atomic E-state index is 4.28. The van der Waals surface area contributed by atoms with E-state index in [0.29, 0.717) is 0 Å². The maximum atomic E-state index is 4.28. The van der Waals surface area contributed by atoms with Gasteiger partial charge in [0.05, 0.1) is 0 Å². The quantitative estimate of drug-likeness (QED) is 0.0890. The maximum Gasteiger partial charge on any atom is 0.0462 e. The van der Waals surface area contributed by atoms with E-state index in [1.165, 1.54) is 78.0 Å². The van der Waals surface area contributed by atoms with E-state index in [1.54, 1.807) is 11.3 Å². The van der Waals surface area contributed by atoms with Crippen molar-refractivity contribution in [2.24, 2.45) is 0 Å². The van der Waals surface area contributed by atoms with E-state index in [4.69, 9.17) is 0 Å². The van der Waals surface area contributed by atoms with Crippen molar-refractivity contribution >= 4 is 85.0 Å². The van der Waals surface area contributed by atoms with Crippen molar-refractivity contribution in [3.63, 3.8) is 0 Å². The topological polar surface area (TPSA) is 6.48 Å². The van der Waals surface area contributed by atoms with Gasteiger partial charge in [0.25, 0.3) is 0 Å². The summed E-state index contributed by atoms with van der Waals surface area (Å²) < 4.78 is 0. The molecule has 13 rings (SSSR count). The van der Waals surface area contributed by atoms with Gasteiger partial charge in [-0.05, 0) is 184 Å². The van der Waals surface area contributed by atoms with E-state index < -0.39 is 0 Å². The molecule has 6 heteroatoms. The summed E-state index contributed by atoms with van der Waals surface area (Å²) in [6, 6.07) is 104. The highest BCUT2D eigenvalue weighted by Crippen LogP contribution is 2.44. The van der Waals surface area contributed by atoms with Crippen molar-refractivity contribution in [3.8, 4) is 84.2 Å². The zero-order valence-electron chi connectivity index (χ0n) is 44.5. The Morgan fingerprint density at radius 2 is 0.481 bits per heavy atom. The number of anilines is 6. The molecule has 0 amide bonds. The summed E-state index contributed by atoms with van der Waals surface area (Å²) in [6.07, 6.45) is 4.11. The molecule has 13 aromatic rings. The molecular weight excluding hydrogens is 1060 g/mol. The highest BCUT2D eigenvalue weighted by atomic mass is 32.1. The molecule has 0 unspecified atom stereocenters. The number of hydrogen-bond acceptors (Lipinski definition) is 6. The second-order valence-corrected chi connectivity index (χ2v) is 24.1. The first-order chi connectivity index (χ1) is 40.0. The molecule has 0 atom stereocenters. The van der Waals surface area contributed by atoms with Gasteiger partial charge in [0, 0.05) is 73.1 Å². The van der Waals surface area contributed by atoms with Crippen LogP contribution in [-0.4, -0.2) is 0 Å². The summed E-state index contributed by atoms with van der Waals surface area (Å²) in [6.45, 7) is 6.31. The third kappa shape index (κ3) is 11.1. The Morgan fingerprint density at radius 3 is 0.741 bits per heavy atom. The average molecular weight is 1110 g/mol. The van der Waals surface area contributed by atoms with E-state index >= 15 is 0 Å². The van der Waals surface area contributed by atoms with Crippen molar-refractivity contribution in [2.75, 3.05) is 9.80 Å². The second-order valence-electron chi connectivity index (χ2n) is 19.7. The van der Waals surface area contributed by atoms with Crippen LogP contribution in [0.3, 0.4) is 0 Å². The first-order valence-electron chi connectivity index (χ1n) is 27.1. The normalized spacial score (nSPS) is 11.3. The molecule has 0 bridgehead atoms. The minimum Gasteiger partial charge on any atom is -0.311 e. The fourth-order valence-electron chi connectivity index (χ4n) is 10.3. The van der Waals surface area contributed by atoms with E-state index in [9.17, 15) is 0 Å². The molecule has 0 spiro atoms. The van der Waals surface area contributed by atoms with Gasteiger partial charge in [-0.3, -0.25) is 0 Å². The molecular formula is C75H54N2S4. The van der Waals surface area contributed by atoms with Gasteiger partial charge in [-0.1, -0.05) is 183 Å². The number of nitrogens with zero attached hydrogens (tertiary/aromatic N) is 2. The van der Waals surface area contributed by atoms with E-state index in [-0.39, 0.29) is 0 Å². The number of hydrogen-bond donors (Lipinski definition) is 0. The predicted octanol–water partition coefficient (Wildman–Crippen LogP) is 23.8. The molecule has 388 valence electrons. The predicted molar refractivity (Wildman–Crippen MR) is 355 cm³/mol. The number of thiophene rings is 4. The lowest BCUT2D eigenvalue weighted by molar-refractivity contribution is 1.28. The lowest BCUT2D eigenvalue weighted by atomic mass is 10.0. The van der Waals surface area contributed by atoms with Gasteiger partial charge in [0.1, 0.15) is 0 Å². The van der Waals surface area contributed by atoms with Crippen molar-refractivity contribution in [1.29, 1.82) is 0 Å². The Kier molecular flexibility index (Phi) is 14.8. The minimum absolute atomic E-state index is 1.03. The van der Waals surface area contributed by atoms with Gasteiger partial charge < -0.3 is 9.80 Å². The molecule has 4 aromatic heterocycles. The Labute approximate surface area is 491 Å². The van der Waals surface area contributed by atoms with E-state index in [1.807, 2.05) is 47.0 Å². The Bertz CT molecular complexity index is 4120. The van der Waals surface area contributed by atoms with Crippen LogP contribution < -0.4 is 9.80 Å². The van der Waals surface area contributed by atoms with Crippen LogP contribution in [0.4, 0.5) is 34.1 Å². The van der Waals surface area contributed by atoms with Gasteiger partial charge in [-0.25, -0.2) is 0 Å². The summed E-state index contributed by atoms with van der Waals surface area (Å²) in [4.78, 5) is 14.7. The zero-order valence-corrected chi connectivity index (χ0v) is 47.8. The van der Waals surface area contributed by atoms with Crippen LogP contribution in [0, 0.1) is 0 Å². The SMILES string of the molecule is C=C(C=CC)c1ccc(-c2ccc(N(c3ccc(-c4ccc(N(c5ccc(-c6ccc(-c7ccccc7)s6)cc5)c5ccc(-c6ccc(-c7ccccc7)s6)cc5)cc4)cc3)c3ccc(-c4ccc(-c5ccccc5)s4)cc3)cc2)s1. The molecule has 0 aliphatic carbocycles. The molecule has 0 fully saturated rings. The summed E-state index contributed by atoms with van der Waals surface area (Å²) in [5.74, 6) is 0. The van der Waals surface area contributed by atoms with Gasteiger partial charge in [0.2, 0.25) is 0 Å². The van der Waals surface area contributed by atoms with E-state index in [0.717, 1.165) is 50.8 Å². The van der Waals surface area contributed by atoms with Gasteiger partial charge in [-0.15, -0.1) is 45.3 Å². The molecule has 2 nitrogen and oxygen atoms in total. The number of allylic oxidation sites excluding steroid dienone is 3.